The molecule has 0 bridgehead atoms. The van der Waals surface area contributed by atoms with Gasteiger partial charge in [-0.15, -0.1) is 0 Å². The molecule has 0 amide bonds. The van der Waals surface area contributed by atoms with Gasteiger partial charge in [-0.1, -0.05) is 6.07 Å². The Labute approximate surface area is 123 Å². The van der Waals surface area contributed by atoms with Gasteiger partial charge in [-0.25, -0.2) is 0 Å². The van der Waals surface area contributed by atoms with Gasteiger partial charge >= 0.3 is 0 Å². The van der Waals surface area contributed by atoms with Gasteiger partial charge in [0, 0.05) is 32.7 Å². The third-order valence-electron chi connectivity index (χ3n) is 3.47. The molecule has 0 aliphatic carbocycles. The zero-order chi connectivity index (χ0) is 13.7. The molecule has 0 atom stereocenters. The van der Waals surface area contributed by atoms with Crippen molar-refractivity contribution in [2.75, 3.05) is 46.9 Å². The molecular weight excluding hydrogens is 308 g/mol. The highest BCUT2D eigenvalue weighted by Gasteiger charge is 2.14. The van der Waals surface area contributed by atoms with E-state index in [2.05, 4.69) is 32.2 Å². The molecule has 1 heterocycles. The van der Waals surface area contributed by atoms with Crippen molar-refractivity contribution in [2.24, 2.45) is 0 Å². The Morgan fingerprint density at radius 3 is 2.58 bits per heavy atom. The second kappa shape index (κ2) is 7.12. The van der Waals surface area contributed by atoms with Crippen molar-refractivity contribution in [3.63, 3.8) is 0 Å². The van der Waals surface area contributed by atoms with Gasteiger partial charge in [0.1, 0.15) is 0 Å². The van der Waals surface area contributed by atoms with Crippen molar-refractivity contribution < 1.29 is 9.47 Å². The van der Waals surface area contributed by atoms with Gasteiger partial charge in [0.25, 0.3) is 0 Å². The Bertz CT molecular complexity index is 420. The van der Waals surface area contributed by atoms with E-state index in [4.69, 9.17) is 9.47 Å². The number of ether oxygens (including phenoxy) is 2. The normalized spacial score (nSPS) is 16.4. The van der Waals surface area contributed by atoms with E-state index in [-0.39, 0.29) is 0 Å². The summed E-state index contributed by atoms with van der Waals surface area (Å²) in [6, 6.07) is 4.07. The molecule has 1 aromatic rings. The molecule has 1 aliphatic rings. The summed E-state index contributed by atoms with van der Waals surface area (Å²) in [5.41, 5.74) is 1.26. The van der Waals surface area contributed by atoms with Gasteiger partial charge in [0.2, 0.25) is 0 Å². The maximum absolute atomic E-state index is 5.40. The SMILES string of the molecule is COc1ccc(CCN2CCNCC2)c(Br)c1OC. The first-order chi connectivity index (χ1) is 9.26. The molecule has 2 rings (SSSR count). The summed E-state index contributed by atoms with van der Waals surface area (Å²) >= 11 is 3.62. The van der Waals surface area contributed by atoms with Crippen molar-refractivity contribution >= 4 is 15.9 Å². The van der Waals surface area contributed by atoms with Crippen LogP contribution in [-0.2, 0) is 6.42 Å². The molecule has 1 N–H and O–H groups in total. The minimum atomic E-state index is 0.764. The smallest absolute Gasteiger partial charge is 0.175 e. The minimum Gasteiger partial charge on any atom is -0.493 e. The monoisotopic (exact) mass is 328 g/mol. The van der Waals surface area contributed by atoms with Crippen molar-refractivity contribution in [1.29, 1.82) is 0 Å². The molecule has 19 heavy (non-hydrogen) atoms. The Kier molecular flexibility index (Phi) is 5.48. The highest BCUT2D eigenvalue weighted by atomic mass is 79.9. The van der Waals surface area contributed by atoms with E-state index in [1.807, 2.05) is 6.07 Å². The van der Waals surface area contributed by atoms with Crippen LogP contribution in [0.2, 0.25) is 0 Å². The average molecular weight is 329 g/mol. The molecule has 4 nitrogen and oxygen atoms in total. The number of nitrogens with one attached hydrogen (secondary N) is 1. The van der Waals surface area contributed by atoms with Crippen LogP contribution in [0.1, 0.15) is 5.56 Å². The molecule has 0 radical (unpaired) electrons. The van der Waals surface area contributed by atoms with Crippen molar-refractivity contribution in [3.05, 3.63) is 22.2 Å². The van der Waals surface area contributed by atoms with Crippen LogP contribution in [0, 0.1) is 0 Å². The van der Waals surface area contributed by atoms with Gasteiger partial charge < -0.3 is 19.7 Å². The maximum atomic E-state index is 5.40. The van der Waals surface area contributed by atoms with Crippen LogP contribution in [0.5, 0.6) is 11.5 Å². The van der Waals surface area contributed by atoms with Crippen molar-refractivity contribution in [1.82, 2.24) is 10.2 Å². The number of hydrogen-bond donors (Lipinski definition) is 1. The lowest BCUT2D eigenvalue weighted by Gasteiger charge is -2.27. The summed E-state index contributed by atoms with van der Waals surface area (Å²) in [4.78, 5) is 2.49. The molecule has 1 saturated heterocycles. The van der Waals surface area contributed by atoms with Crippen LogP contribution >= 0.6 is 15.9 Å². The van der Waals surface area contributed by atoms with E-state index < -0.39 is 0 Å². The highest BCUT2D eigenvalue weighted by molar-refractivity contribution is 9.10. The predicted molar refractivity (Wildman–Crippen MR) is 80.3 cm³/mol. The molecule has 0 unspecified atom stereocenters. The van der Waals surface area contributed by atoms with Crippen LogP contribution in [-0.4, -0.2) is 51.8 Å². The maximum Gasteiger partial charge on any atom is 0.175 e. The number of halogens is 1. The summed E-state index contributed by atoms with van der Waals surface area (Å²) in [5, 5.41) is 3.37. The first-order valence-electron chi connectivity index (χ1n) is 6.58. The third kappa shape index (κ3) is 3.61. The van der Waals surface area contributed by atoms with Crippen LogP contribution in [0.15, 0.2) is 16.6 Å². The molecular formula is C14H21BrN2O2. The van der Waals surface area contributed by atoms with E-state index >= 15 is 0 Å². The summed E-state index contributed by atoms with van der Waals surface area (Å²) in [6.45, 7) is 5.52. The van der Waals surface area contributed by atoms with Crippen molar-refractivity contribution in [2.45, 2.75) is 6.42 Å². The molecule has 106 valence electrons. The highest BCUT2D eigenvalue weighted by Crippen LogP contribution is 2.37. The lowest BCUT2D eigenvalue weighted by atomic mass is 10.1. The van der Waals surface area contributed by atoms with E-state index in [9.17, 15) is 0 Å². The van der Waals surface area contributed by atoms with Crippen LogP contribution < -0.4 is 14.8 Å². The second-order valence-corrected chi connectivity index (χ2v) is 5.41. The minimum absolute atomic E-state index is 0.764. The van der Waals surface area contributed by atoms with Gasteiger partial charge in [-0.05, 0) is 34.0 Å². The van der Waals surface area contributed by atoms with Crippen LogP contribution in [0.4, 0.5) is 0 Å². The van der Waals surface area contributed by atoms with Crippen LogP contribution in [0.25, 0.3) is 0 Å². The summed E-state index contributed by atoms with van der Waals surface area (Å²) in [5.74, 6) is 1.54. The summed E-state index contributed by atoms with van der Waals surface area (Å²) in [7, 11) is 3.33. The molecule has 5 heteroatoms. The molecule has 0 saturated carbocycles. The Morgan fingerprint density at radius 1 is 1.21 bits per heavy atom. The fraction of sp³-hybridized carbons (Fsp3) is 0.571. The van der Waals surface area contributed by atoms with E-state index in [0.29, 0.717) is 0 Å². The Hall–Kier alpha value is -0.780. The fourth-order valence-corrected chi connectivity index (χ4v) is 3.02. The number of benzene rings is 1. The van der Waals surface area contributed by atoms with Crippen LogP contribution in [0.3, 0.4) is 0 Å². The summed E-state index contributed by atoms with van der Waals surface area (Å²) < 4.78 is 11.7. The number of nitrogens with zero attached hydrogens (tertiary/aromatic N) is 1. The van der Waals surface area contributed by atoms with Gasteiger partial charge in [0.05, 0.1) is 18.7 Å². The van der Waals surface area contributed by atoms with Gasteiger partial charge in [-0.2, -0.15) is 0 Å². The van der Waals surface area contributed by atoms with E-state index in [1.54, 1.807) is 14.2 Å². The predicted octanol–water partition coefficient (Wildman–Crippen LogP) is 1.91. The van der Waals surface area contributed by atoms with Crippen molar-refractivity contribution in [3.8, 4) is 11.5 Å². The first kappa shape index (κ1) is 14.6. The fourth-order valence-electron chi connectivity index (χ4n) is 2.34. The first-order valence-corrected chi connectivity index (χ1v) is 7.38. The molecule has 0 spiro atoms. The lowest BCUT2D eigenvalue weighted by molar-refractivity contribution is 0.243. The average Bonchev–Trinajstić information content (AvgIpc) is 2.46. The quantitative estimate of drug-likeness (QED) is 0.895. The molecule has 0 aromatic heterocycles. The van der Waals surface area contributed by atoms with Gasteiger partial charge in [0.15, 0.2) is 11.5 Å². The standard InChI is InChI=1S/C14H21BrN2O2/c1-18-12-4-3-11(13(15)14(12)19-2)5-8-17-9-6-16-7-10-17/h3-4,16H,5-10H2,1-2H3. The molecule has 1 aliphatic heterocycles. The third-order valence-corrected chi connectivity index (χ3v) is 4.34. The lowest BCUT2D eigenvalue weighted by Crippen LogP contribution is -2.44. The zero-order valence-electron chi connectivity index (χ0n) is 11.5. The Balaban J connectivity index is 2.03. The largest absolute Gasteiger partial charge is 0.493 e. The number of methoxy groups -OCH3 is 2. The molecule has 1 aromatic carbocycles. The Morgan fingerprint density at radius 2 is 1.95 bits per heavy atom. The number of rotatable bonds is 5. The topological polar surface area (TPSA) is 33.7 Å². The van der Waals surface area contributed by atoms with Gasteiger partial charge in [-0.3, -0.25) is 0 Å². The van der Waals surface area contributed by atoms with E-state index in [0.717, 1.165) is 55.1 Å². The second-order valence-electron chi connectivity index (χ2n) is 4.62. The number of piperazine rings is 1. The number of hydrogen-bond acceptors (Lipinski definition) is 4. The van der Waals surface area contributed by atoms with E-state index in [1.165, 1.54) is 5.56 Å². The summed E-state index contributed by atoms with van der Waals surface area (Å²) in [6.07, 6.45) is 1.01. The zero-order valence-corrected chi connectivity index (χ0v) is 13.1. The molecule has 1 fully saturated rings.